The van der Waals surface area contributed by atoms with Gasteiger partial charge >= 0.3 is 6.09 Å². The molecule has 8 nitrogen and oxygen atoms in total. The van der Waals surface area contributed by atoms with Gasteiger partial charge in [0, 0.05) is 32.9 Å². The van der Waals surface area contributed by atoms with E-state index in [1.54, 1.807) is 24.3 Å². The van der Waals surface area contributed by atoms with Crippen LogP contribution in [0.1, 0.15) is 25.0 Å². The number of nitrogens with one attached hydrogen (secondary N) is 1. The maximum absolute atomic E-state index is 13.6. The Morgan fingerprint density at radius 3 is 1.97 bits per heavy atom. The van der Waals surface area contributed by atoms with Crippen molar-refractivity contribution in [3.8, 4) is 0 Å². The second-order valence-electron chi connectivity index (χ2n) is 10.2. The van der Waals surface area contributed by atoms with Gasteiger partial charge < -0.3 is 20.1 Å². The summed E-state index contributed by atoms with van der Waals surface area (Å²) >= 11 is 0. The maximum atomic E-state index is 13.6. The van der Waals surface area contributed by atoms with E-state index in [0.717, 1.165) is 16.8 Å². The molecule has 3 aromatic rings. The molecule has 0 fully saturated rings. The third-order valence-electron chi connectivity index (χ3n) is 6.23. The van der Waals surface area contributed by atoms with Crippen molar-refractivity contribution in [2.45, 2.75) is 43.9 Å². The third kappa shape index (κ3) is 9.09. The lowest BCUT2D eigenvalue weighted by atomic mass is 10.0. The van der Waals surface area contributed by atoms with E-state index in [1.165, 1.54) is 4.31 Å². The minimum Gasteiger partial charge on any atom is -0.445 e. The molecule has 0 aliphatic carbocycles. The Morgan fingerprint density at radius 2 is 1.44 bits per heavy atom. The van der Waals surface area contributed by atoms with E-state index in [9.17, 15) is 18.3 Å². The summed E-state index contributed by atoms with van der Waals surface area (Å²) in [4.78, 5) is 14.8. The van der Waals surface area contributed by atoms with Crippen LogP contribution in [0.25, 0.3) is 0 Å². The Bertz CT molecular complexity index is 1270. The molecule has 0 aliphatic heterocycles. The molecule has 2 unspecified atom stereocenters. The smallest absolute Gasteiger partial charge is 0.407 e. The quantitative estimate of drug-likeness (QED) is 0.328. The van der Waals surface area contributed by atoms with Gasteiger partial charge in [0.2, 0.25) is 10.0 Å². The zero-order valence-corrected chi connectivity index (χ0v) is 23.8. The van der Waals surface area contributed by atoms with Gasteiger partial charge in [0.15, 0.2) is 0 Å². The monoisotopic (exact) mass is 553 g/mol. The molecule has 39 heavy (non-hydrogen) atoms. The lowest BCUT2D eigenvalue weighted by Crippen LogP contribution is -2.51. The summed E-state index contributed by atoms with van der Waals surface area (Å²) in [6.45, 7) is 3.95. The van der Waals surface area contributed by atoms with Crippen LogP contribution in [0.3, 0.4) is 0 Å². The number of hydrogen-bond donors (Lipinski definition) is 2. The number of amides is 1. The van der Waals surface area contributed by atoms with Crippen molar-refractivity contribution in [3.05, 3.63) is 96.1 Å². The molecular weight excluding hydrogens is 514 g/mol. The van der Waals surface area contributed by atoms with Gasteiger partial charge in [-0.25, -0.2) is 13.2 Å². The van der Waals surface area contributed by atoms with Gasteiger partial charge in [-0.2, -0.15) is 4.31 Å². The molecule has 0 saturated heterocycles. The first-order chi connectivity index (χ1) is 18.6. The van der Waals surface area contributed by atoms with Crippen LogP contribution in [0.4, 0.5) is 10.5 Å². The fourth-order valence-corrected chi connectivity index (χ4v) is 5.77. The molecule has 9 heteroatoms. The number of sulfonamides is 1. The molecule has 3 rings (SSSR count). The predicted molar refractivity (Wildman–Crippen MR) is 154 cm³/mol. The second kappa shape index (κ2) is 14.1. The number of ether oxygens (including phenoxy) is 1. The van der Waals surface area contributed by atoms with E-state index >= 15 is 0 Å². The highest BCUT2D eigenvalue weighted by atomic mass is 32.2. The number of carbonyl (C=O) groups excluding carboxylic acids is 1. The minimum atomic E-state index is -3.90. The lowest BCUT2D eigenvalue weighted by Gasteiger charge is -2.30. The minimum absolute atomic E-state index is 0.0180. The van der Waals surface area contributed by atoms with Gasteiger partial charge in [-0.15, -0.1) is 0 Å². The number of benzene rings is 3. The molecule has 2 N–H and O–H groups in total. The SMILES string of the molecule is CC(C)CN(CC(O)C(Cc1ccccc1)NC(=O)OCc1ccccc1)S(=O)(=O)c1ccc(N(C)C)cc1. The molecule has 3 aromatic carbocycles. The first-order valence-electron chi connectivity index (χ1n) is 13.0. The van der Waals surface area contributed by atoms with Crippen molar-refractivity contribution in [2.24, 2.45) is 5.92 Å². The predicted octanol–water partition coefficient (Wildman–Crippen LogP) is 4.30. The molecule has 1 amide bonds. The van der Waals surface area contributed by atoms with Crippen molar-refractivity contribution in [1.29, 1.82) is 0 Å². The van der Waals surface area contributed by atoms with Crippen LogP contribution < -0.4 is 10.2 Å². The highest BCUT2D eigenvalue weighted by Crippen LogP contribution is 2.22. The second-order valence-corrected chi connectivity index (χ2v) is 12.1. The standard InChI is InChI=1S/C30H39N3O5S/c1-23(2)20-33(39(36,37)27-17-15-26(16-18-27)32(3)4)21-29(34)28(19-24-11-7-5-8-12-24)31-30(35)38-22-25-13-9-6-10-14-25/h5-18,23,28-29,34H,19-22H2,1-4H3,(H,31,35). The van der Waals surface area contributed by atoms with E-state index in [2.05, 4.69) is 5.32 Å². The number of carbonyl (C=O) groups is 1. The summed E-state index contributed by atoms with van der Waals surface area (Å²) in [5, 5.41) is 14.1. The molecule has 210 valence electrons. The Kier molecular flexibility index (Phi) is 10.9. The van der Waals surface area contributed by atoms with Gasteiger partial charge in [0.05, 0.1) is 17.0 Å². The van der Waals surface area contributed by atoms with Crippen LogP contribution >= 0.6 is 0 Å². The average molecular weight is 554 g/mol. The zero-order chi connectivity index (χ0) is 28.4. The number of hydrogen-bond acceptors (Lipinski definition) is 6. The number of rotatable bonds is 13. The third-order valence-corrected chi connectivity index (χ3v) is 8.08. The molecule has 0 saturated carbocycles. The Labute approximate surface area is 232 Å². The Morgan fingerprint density at radius 1 is 0.872 bits per heavy atom. The first-order valence-corrected chi connectivity index (χ1v) is 14.5. The fourth-order valence-electron chi connectivity index (χ4n) is 4.15. The molecule has 0 spiro atoms. The molecule has 0 aromatic heterocycles. The fraction of sp³-hybridized carbons (Fsp3) is 0.367. The van der Waals surface area contributed by atoms with E-state index in [0.29, 0.717) is 6.42 Å². The van der Waals surface area contributed by atoms with Gasteiger partial charge in [0.1, 0.15) is 6.61 Å². The van der Waals surface area contributed by atoms with Crippen molar-refractivity contribution in [2.75, 3.05) is 32.1 Å². The molecule has 0 aliphatic rings. The van der Waals surface area contributed by atoms with E-state index in [1.807, 2.05) is 93.5 Å². The van der Waals surface area contributed by atoms with E-state index < -0.39 is 28.3 Å². The topological polar surface area (TPSA) is 99.2 Å². The summed E-state index contributed by atoms with van der Waals surface area (Å²) in [6.07, 6.45) is -1.57. The lowest BCUT2D eigenvalue weighted by molar-refractivity contribution is 0.0873. The van der Waals surface area contributed by atoms with Gasteiger partial charge in [-0.1, -0.05) is 74.5 Å². The van der Waals surface area contributed by atoms with Gasteiger partial charge in [-0.3, -0.25) is 0 Å². The van der Waals surface area contributed by atoms with Crippen molar-refractivity contribution in [1.82, 2.24) is 9.62 Å². The van der Waals surface area contributed by atoms with Crippen LogP contribution in [0.5, 0.6) is 0 Å². The van der Waals surface area contributed by atoms with Crippen molar-refractivity contribution >= 4 is 21.8 Å². The molecule has 0 heterocycles. The highest BCUT2D eigenvalue weighted by Gasteiger charge is 2.31. The summed E-state index contributed by atoms with van der Waals surface area (Å²) in [6, 6.07) is 24.6. The number of nitrogens with zero attached hydrogens (tertiary/aromatic N) is 2. The largest absolute Gasteiger partial charge is 0.445 e. The Balaban J connectivity index is 1.80. The van der Waals surface area contributed by atoms with Gasteiger partial charge in [-0.05, 0) is 47.7 Å². The molecular formula is C30H39N3O5S. The maximum Gasteiger partial charge on any atom is 0.407 e. The van der Waals surface area contributed by atoms with E-state index in [4.69, 9.17) is 4.74 Å². The number of alkyl carbamates (subject to hydrolysis) is 1. The first kappa shape index (κ1) is 30.1. The van der Waals surface area contributed by atoms with Crippen LogP contribution in [0.15, 0.2) is 89.8 Å². The normalized spacial score (nSPS) is 13.2. The van der Waals surface area contributed by atoms with E-state index in [-0.39, 0.29) is 30.5 Å². The van der Waals surface area contributed by atoms with Gasteiger partial charge in [0.25, 0.3) is 0 Å². The number of aliphatic hydroxyl groups is 1. The number of aliphatic hydroxyl groups excluding tert-OH is 1. The number of anilines is 1. The van der Waals surface area contributed by atoms with Crippen molar-refractivity contribution < 1.29 is 23.1 Å². The van der Waals surface area contributed by atoms with Crippen LogP contribution in [-0.4, -0.2) is 63.3 Å². The molecule has 2 atom stereocenters. The van der Waals surface area contributed by atoms with Crippen LogP contribution in [0, 0.1) is 5.92 Å². The summed E-state index contributed by atoms with van der Waals surface area (Å²) in [5.41, 5.74) is 2.61. The molecule has 0 bridgehead atoms. The van der Waals surface area contributed by atoms with Crippen molar-refractivity contribution in [3.63, 3.8) is 0 Å². The molecule has 0 radical (unpaired) electrons. The summed E-state index contributed by atoms with van der Waals surface area (Å²) in [5.74, 6) is 0.0180. The van der Waals surface area contributed by atoms with Crippen LogP contribution in [-0.2, 0) is 27.8 Å². The summed E-state index contributed by atoms with van der Waals surface area (Å²) in [7, 11) is -0.135. The van der Waals surface area contributed by atoms with Crippen LogP contribution in [0.2, 0.25) is 0 Å². The zero-order valence-electron chi connectivity index (χ0n) is 23.0. The Hall–Kier alpha value is -3.40. The summed E-state index contributed by atoms with van der Waals surface area (Å²) < 4.78 is 34.0. The highest BCUT2D eigenvalue weighted by molar-refractivity contribution is 7.89. The average Bonchev–Trinajstić information content (AvgIpc) is 2.92.